The molecule has 0 aromatic heterocycles. The molecule has 3 amide bonds. The van der Waals surface area contributed by atoms with E-state index >= 15 is 0 Å². The minimum Gasteiger partial charge on any atom is -0.484 e. The number of benzene rings is 3. The molecule has 0 aliphatic rings. The van der Waals surface area contributed by atoms with Gasteiger partial charge in [-0.2, -0.15) is 5.10 Å². The summed E-state index contributed by atoms with van der Waals surface area (Å²) in [5.41, 5.74) is 4.35. The number of nitrogens with one attached hydrogen (secondary N) is 3. The van der Waals surface area contributed by atoms with Crippen molar-refractivity contribution in [2.45, 2.75) is 6.92 Å². The molecule has 0 aliphatic heterocycles. The molecule has 0 bridgehead atoms. The first-order valence-electron chi connectivity index (χ1n) is 10.1. The van der Waals surface area contributed by atoms with Gasteiger partial charge in [0, 0.05) is 10.7 Å². The molecule has 0 saturated carbocycles. The average molecular weight is 534 g/mol. The second-order valence-corrected chi connectivity index (χ2v) is 8.34. The van der Waals surface area contributed by atoms with Gasteiger partial charge in [-0.15, -0.1) is 0 Å². The lowest BCUT2D eigenvalue weighted by molar-refractivity contribution is -0.136. The summed E-state index contributed by atoms with van der Waals surface area (Å²) in [6, 6.07) is 16.5. The van der Waals surface area contributed by atoms with Crippen molar-refractivity contribution in [1.29, 1.82) is 0 Å². The van der Waals surface area contributed by atoms with Crippen LogP contribution in [-0.2, 0) is 14.4 Å². The topological polar surface area (TPSA) is 109 Å². The third-order valence-electron chi connectivity index (χ3n) is 4.49. The van der Waals surface area contributed by atoms with Gasteiger partial charge in [0.2, 0.25) is 0 Å². The molecule has 3 aromatic carbocycles. The van der Waals surface area contributed by atoms with Crippen LogP contribution in [0.15, 0.2) is 65.8 Å². The van der Waals surface area contributed by atoms with Crippen LogP contribution in [0.4, 0.5) is 11.4 Å². The Kier molecular flexibility index (Phi) is 9.08. The van der Waals surface area contributed by atoms with Crippen LogP contribution in [0, 0.1) is 6.92 Å². The molecule has 11 heteroatoms. The maximum absolute atomic E-state index is 12.2. The summed E-state index contributed by atoms with van der Waals surface area (Å²) < 4.78 is 5.52. The first-order valence-corrected chi connectivity index (χ1v) is 11.2. The Morgan fingerprint density at radius 2 is 1.69 bits per heavy atom. The smallest absolute Gasteiger partial charge is 0.329 e. The molecule has 0 atom stereocenters. The molecule has 180 valence electrons. The fourth-order valence-corrected chi connectivity index (χ4v) is 3.26. The van der Waals surface area contributed by atoms with Gasteiger partial charge in [-0.05, 0) is 54.4 Å². The van der Waals surface area contributed by atoms with Crippen molar-refractivity contribution in [3.8, 4) is 5.75 Å². The van der Waals surface area contributed by atoms with Crippen molar-refractivity contribution < 1.29 is 19.1 Å². The molecule has 0 radical (unpaired) electrons. The van der Waals surface area contributed by atoms with E-state index in [1.54, 1.807) is 54.6 Å². The molecule has 8 nitrogen and oxygen atoms in total. The van der Waals surface area contributed by atoms with Gasteiger partial charge in [0.1, 0.15) is 5.75 Å². The largest absolute Gasteiger partial charge is 0.484 e. The number of rotatable bonds is 7. The summed E-state index contributed by atoms with van der Waals surface area (Å²) in [5.74, 6) is -1.92. The van der Waals surface area contributed by atoms with Gasteiger partial charge in [-0.25, -0.2) is 5.43 Å². The number of halogens is 3. The summed E-state index contributed by atoms with van der Waals surface area (Å²) >= 11 is 17.8. The third-order valence-corrected chi connectivity index (χ3v) is 5.54. The van der Waals surface area contributed by atoms with E-state index in [2.05, 4.69) is 21.2 Å². The van der Waals surface area contributed by atoms with Crippen molar-refractivity contribution in [2.24, 2.45) is 5.10 Å². The minimum atomic E-state index is -1.00. The number of aryl methyl sites for hydroxylation is 1. The van der Waals surface area contributed by atoms with Crippen LogP contribution >= 0.6 is 34.8 Å². The quantitative estimate of drug-likeness (QED) is 0.224. The zero-order valence-electron chi connectivity index (χ0n) is 18.3. The van der Waals surface area contributed by atoms with E-state index in [9.17, 15) is 14.4 Å². The summed E-state index contributed by atoms with van der Waals surface area (Å²) in [4.78, 5) is 36.2. The molecule has 0 fully saturated rings. The zero-order chi connectivity index (χ0) is 25.4. The van der Waals surface area contributed by atoms with Gasteiger partial charge in [0.25, 0.3) is 5.91 Å². The molecule has 3 N–H and O–H groups in total. The molecule has 0 heterocycles. The molecule has 0 unspecified atom stereocenters. The summed E-state index contributed by atoms with van der Waals surface area (Å²) in [5, 5.41) is 9.72. The molecule has 3 aromatic rings. The number of carbonyl (C=O) groups excluding carboxylic acids is 3. The van der Waals surface area contributed by atoms with E-state index < -0.39 is 11.8 Å². The highest BCUT2D eigenvalue weighted by atomic mass is 35.5. The van der Waals surface area contributed by atoms with Crippen LogP contribution in [0.3, 0.4) is 0 Å². The predicted octanol–water partition coefficient (Wildman–Crippen LogP) is 5.06. The van der Waals surface area contributed by atoms with Gasteiger partial charge in [0.15, 0.2) is 6.61 Å². The molecule has 0 aliphatic carbocycles. The molecule has 0 saturated heterocycles. The van der Waals surface area contributed by atoms with E-state index in [0.29, 0.717) is 22.0 Å². The Hall–Kier alpha value is -3.59. The molecule has 3 rings (SSSR count). The number of anilines is 2. The van der Waals surface area contributed by atoms with Gasteiger partial charge < -0.3 is 15.4 Å². The summed E-state index contributed by atoms with van der Waals surface area (Å²) in [6.45, 7) is 1.62. The number of ether oxygens (including phenoxy) is 1. The third kappa shape index (κ3) is 7.71. The number of amides is 3. The Morgan fingerprint density at radius 1 is 0.914 bits per heavy atom. The van der Waals surface area contributed by atoms with Gasteiger partial charge in [-0.3, -0.25) is 14.4 Å². The molecule has 0 spiro atoms. The normalized spacial score (nSPS) is 10.6. The zero-order valence-corrected chi connectivity index (χ0v) is 20.5. The van der Waals surface area contributed by atoms with E-state index in [1.807, 2.05) is 6.92 Å². The van der Waals surface area contributed by atoms with Crippen molar-refractivity contribution in [3.05, 3.63) is 86.9 Å². The van der Waals surface area contributed by atoms with Crippen molar-refractivity contribution in [1.82, 2.24) is 5.43 Å². The standard InChI is InChI=1S/C24H19Cl3N4O4/c1-14-8-9-16(25)11-20(14)29-21(32)13-35-17-5-2-4-15(10-17)12-28-31-24(34)23(33)30-19-7-3-6-18(26)22(19)27/h2-12H,13H2,1H3,(H,29,32)(H,30,33)(H,31,34)/b28-12-. The van der Waals surface area contributed by atoms with E-state index in [-0.39, 0.29) is 28.2 Å². The first kappa shape index (κ1) is 26.0. The second-order valence-electron chi connectivity index (χ2n) is 7.12. The Labute approximate surface area is 216 Å². The summed E-state index contributed by atoms with van der Waals surface area (Å²) in [6.07, 6.45) is 1.32. The van der Waals surface area contributed by atoms with Crippen molar-refractivity contribution in [2.75, 3.05) is 17.2 Å². The van der Waals surface area contributed by atoms with Crippen LogP contribution < -0.4 is 20.8 Å². The minimum absolute atomic E-state index is 0.118. The van der Waals surface area contributed by atoms with Gasteiger partial charge >= 0.3 is 11.8 Å². The molecular formula is C24H19Cl3N4O4. The Bertz CT molecular complexity index is 1300. The van der Waals surface area contributed by atoms with Crippen LogP contribution in [0.5, 0.6) is 5.75 Å². The molecular weight excluding hydrogens is 515 g/mol. The number of hydrogen-bond donors (Lipinski definition) is 3. The van der Waals surface area contributed by atoms with Gasteiger partial charge in [-0.1, -0.05) is 59.1 Å². The number of hydrazone groups is 1. The highest BCUT2D eigenvalue weighted by Gasteiger charge is 2.15. The lowest BCUT2D eigenvalue weighted by atomic mass is 10.2. The highest BCUT2D eigenvalue weighted by molar-refractivity contribution is 6.45. The SMILES string of the molecule is Cc1ccc(Cl)cc1NC(=O)COc1cccc(/C=N\NC(=O)C(=O)Nc2cccc(Cl)c2Cl)c1. The van der Waals surface area contributed by atoms with Crippen LogP contribution in [0.2, 0.25) is 15.1 Å². The van der Waals surface area contributed by atoms with Crippen LogP contribution in [0.25, 0.3) is 0 Å². The summed E-state index contributed by atoms with van der Waals surface area (Å²) in [7, 11) is 0. The predicted molar refractivity (Wildman–Crippen MR) is 138 cm³/mol. The molecule has 35 heavy (non-hydrogen) atoms. The van der Waals surface area contributed by atoms with Crippen LogP contribution in [-0.4, -0.2) is 30.5 Å². The highest BCUT2D eigenvalue weighted by Crippen LogP contribution is 2.29. The number of hydrogen-bond acceptors (Lipinski definition) is 5. The number of nitrogens with zero attached hydrogens (tertiary/aromatic N) is 1. The van der Waals surface area contributed by atoms with E-state index in [0.717, 1.165) is 5.56 Å². The fourth-order valence-electron chi connectivity index (χ4n) is 2.74. The average Bonchev–Trinajstić information content (AvgIpc) is 2.83. The monoisotopic (exact) mass is 532 g/mol. The van der Waals surface area contributed by atoms with E-state index in [1.165, 1.54) is 12.3 Å². The lowest BCUT2D eigenvalue weighted by Gasteiger charge is -2.10. The Morgan fingerprint density at radius 3 is 2.49 bits per heavy atom. The number of carbonyl (C=O) groups is 3. The van der Waals surface area contributed by atoms with Gasteiger partial charge in [0.05, 0.1) is 21.9 Å². The van der Waals surface area contributed by atoms with E-state index in [4.69, 9.17) is 39.5 Å². The second kappa shape index (κ2) is 12.2. The maximum Gasteiger partial charge on any atom is 0.329 e. The first-order chi connectivity index (χ1) is 16.7. The maximum atomic E-state index is 12.2. The van der Waals surface area contributed by atoms with Crippen molar-refractivity contribution >= 4 is 70.1 Å². The van der Waals surface area contributed by atoms with Crippen molar-refractivity contribution in [3.63, 3.8) is 0 Å². The Balaban J connectivity index is 1.51. The van der Waals surface area contributed by atoms with Crippen LogP contribution in [0.1, 0.15) is 11.1 Å². The fraction of sp³-hybridized carbons (Fsp3) is 0.0833. The lowest BCUT2D eigenvalue weighted by Crippen LogP contribution is -2.32.